The molecule has 2 rings (SSSR count). The van der Waals surface area contributed by atoms with Crippen LogP contribution in [0.1, 0.15) is 11.3 Å². The highest BCUT2D eigenvalue weighted by atomic mass is 79.9. The first kappa shape index (κ1) is 13.0. The third-order valence-corrected chi connectivity index (χ3v) is 3.58. The zero-order chi connectivity index (χ0) is 13.4. The number of rotatable bonds is 2. The molecule has 0 spiro atoms. The lowest BCUT2D eigenvalue weighted by Gasteiger charge is -2.08. The van der Waals surface area contributed by atoms with E-state index in [0.717, 1.165) is 0 Å². The Morgan fingerprint density at radius 2 is 2.22 bits per heavy atom. The molecule has 1 heterocycles. The van der Waals surface area contributed by atoms with Gasteiger partial charge in [-0.15, -0.1) is 0 Å². The first-order valence-corrected chi connectivity index (χ1v) is 6.13. The van der Waals surface area contributed by atoms with E-state index in [2.05, 4.69) is 21.0 Å². The fraction of sp³-hybridized carbons (Fsp3) is 0.0909. The summed E-state index contributed by atoms with van der Waals surface area (Å²) in [6.07, 6.45) is 1.52. The molecule has 0 amide bonds. The smallest absolute Gasteiger partial charge is 0.163 e. The molecule has 7 heteroatoms. The SMILES string of the molecule is Cc1nn(-c2ccc(C(=N)N)c(Br)c2F)cc1Cl. The van der Waals surface area contributed by atoms with E-state index in [1.54, 1.807) is 13.0 Å². The number of nitrogens with one attached hydrogen (secondary N) is 1. The minimum atomic E-state index is -0.540. The third kappa shape index (κ3) is 2.13. The van der Waals surface area contributed by atoms with Crippen molar-refractivity contribution in [1.82, 2.24) is 9.78 Å². The van der Waals surface area contributed by atoms with E-state index in [1.165, 1.54) is 16.9 Å². The van der Waals surface area contributed by atoms with Crippen molar-refractivity contribution in [2.24, 2.45) is 5.73 Å². The van der Waals surface area contributed by atoms with Crippen molar-refractivity contribution in [2.75, 3.05) is 0 Å². The number of nitrogens with zero attached hydrogens (tertiary/aromatic N) is 2. The van der Waals surface area contributed by atoms with Crippen molar-refractivity contribution >= 4 is 33.4 Å². The second-order valence-electron chi connectivity index (χ2n) is 3.68. The van der Waals surface area contributed by atoms with Gasteiger partial charge in [-0.25, -0.2) is 9.07 Å². The molecule has 1 aromatic carbocycles. The van der Waals surface area contributed by atoms with Gasteiger partial charge in [0.05, 0.1) is 15.2 Å². The van der Waals surface area contributed by atoms with Crippen molar-refractivity contribution in [3.63, 3.8) is 0 Å². The molecule has 94 valence electrons. The van der Waals surface area contributed by atoms with Gasteiger partial charge in [-0.3, -0.25) is 5.41 Å². The Bertz CT molecular complexity index is 619. The normalized spacial score (nSPS) is 10.7. The zero-order valence-electron chi connectivity index (χ0n) is 9.34. The van der Waals surface area contributed by atoms with E-state index in [1.807, 2.05) is 0 Å². The Morgan fingerprint density at radius 1 is 1.56 bits per heavy atom. The van der Waals surface area contributed by atoms with Gasteiger partial charge >= 0.3 is 0 Å². The molecule has 0 aliphatic heterocycles. The molecule has 0 saturated heterocycles. The predicted octanol–water partition coefficient (Wildman–Crippen LogP) is 3.02. The van der Waals surface area contributed by atoms with Crippen LogP contribution in [0.2, 0.25) is 5.02 Å². The molecule has 18 heavy (non-hydrogen) atoms. The number of hydrogen-bond acceptors (Lipinski definition) is 2. The van der Waals surface area contributed by atoms with Crippen LogP contribution in [0.4, 0.5) is 4.39 Å². The first-order chi connectivity index (χ1) is 8.41. The van der Waals surface area contributed by atoms with Crippen LogP contribution in [0.15, 0.2) is 22.8 Å². The van der Waals surface area contributed by atoms with E-state index >= 15 is 0 Å². The molecule has 0 aliphatic rings. The maximum atomic E-state index is 14.1. The van der Waals surface area contributed by atoms with Gasteiger partial charge in [0.1, 0.15) is 11.5 Å². The Labute approximate surface area is 116 Å². The van der Waals surface area contributed by atoms with Crippen LogP contribution in [-0.2, 0) is 0 Å². The summed E-state index contributed by atoms with van der Waals surface area (Å²) >= 11 is 8.97. The van der Waals surface area contributed by atoms with Gasteiger partial charge in [-0.05, 0) is 35.0 Å². The first-order valence-electron chi connectivity index (χ1n) is 4.96. The maximum Gasteiger partial charge on any atom is 0.163 e. The summed E-state index contributed by atoms with van der Waals surface area (Å²) in [4.78, 5) is 0. The monoisotopic (exact) mass is 330 g/mol. The topological polar surface area (TPSA) is 67.7 Å². The number of nitrogens with two attached hydrogens (primary N) is 1. The average Bonchev–Trinajstić information content (AvgIpc) is 2.62. The van der Waals surface area contributed by atoms with Gasteiger partial charge in [-0.1, -0.05) is 11.6 Å². The quantitative estimate of drug-likeness (QED) is 0.656. The lowest BCUT2D eigenvalue weighted by atomic mass is 10.2. The number of hydrogen-bond donors (Lipinski definition) is 2. The summed E-state index contributed by atoms with van der Waals surface area (Å²) in [5.41, 5.74) is 6.49. The van der Waals surface area contributed by atoms with Crippen molar-refractivity contribution in [3.8, 4) is 5.69 Å². The van der Waals surface area contributed by atoms with E-state index in [4.69, 9.17) is 22.7 Å². The fourth-order valence-corrected chi connectivity index (χ4v) is 2.17. The molecule has 0 radical (unpaired) electrons. The predicted molar refractivity (Wildman–Crippen MR) is 72.0 cm³/mol. The second kappa shape index (κ2) is 4.70. The molecule has 3 N–H and O–H groups in total. The molecule has 0 saturated carbocycles. The van der Waals surface area contributed by atoms with Crippen LogP contribution in [0.5, 0.6) is 0 Å². The van der Waals surface area contributed by atoms with E-state index in [9.17, 15) is 4.39 Å². The molecule has 0 unspecified atom stereocenters. The third-order valence-electron chi connectivity index (χ3n) is 2.44. The number of nitrogen functional groups attached to an aromatic ring is 1. The molecule has 0 bridgehead atoms. The van der Waals surface area contributed by atoms with Crippen LogP contribution in [0.3, 0.4) is 0 Å². The number of aryl methyl sites for hydroxylation is 1. The number of aromatic nitrogens is 2. The highest BCUT2D eigenvalue weighted by molar-refractivity contribution is 9.10. The lowest BCUT2D eigenvalue weighted by Crippen LogP contribution is -2.13. The van der Waals surface area contributed by atoms with Crippen LogP contribution in [0, 0.1) is 18.2 Å². The molecular formula is C11H9BrClFN4. The molecule has 4 nitrogen and oxygen atoms in total. The lowest BCUT2D eigenvalue weighted by molar-refractivity contribution is 0.603. The Kier molecular flexibility index (Phi) is 3.41. The molecule has 0 aliphatic carbocycles. The number of halogens is 3. The molecule has 0 atom stereocenters. The molecule has 0 fully saturated rings. The van der Waals surface area contributed by atoms with Crippen molar-refractivity contribution in [2.45, 2.75) is 6.92 Å². The van der Waals surface area contributed by atoms with Gasteiger partial charge in [0.25, 0.3) is 0 Å². The molecule has 2 aromatic rings. The minimum Gasteiger partial charge on any atom is -0.384 e. The number of benzene rings is 1. The highest BCUT2D eigenvalue weighted by Gasteiger charge is 2.15. The van der Waals surface area contributed by atoms with Crippen molar-refractivity contribution in [3.05, 3.63) is 44.9 Å². The van der Waals surface area contributed by atoms with E-state index in [0.29, 0.717) is 16.3 Å². The summed E-state index contributed by atoms with van der Waals surface area (Å²) in [6.45, 7) is 1.73. The standard InChI is InChI=1S/C11H9BrClFN4/c1-5-7(13)4-18(17-5)8-3-2-6(11(15)16)9(12)10(8)14/h2-4H,1H3,(H3,15,16). The van der Waals surface area contributed by atoms with E-state index in [-0.39, 0.29) is 16.0 Å². The van der Waals surface area contributed by atoms with Crippen molar-refractivity contribution < 1.29 is 4.39 Å². The minimum absolute atomic E-state index is 0.136. The van der Waals surface area contributed by atoms with Crippen LogP contribution in [-0.4, -0.2) is 15.6 Å². The van der Waals surface area contributed by atoms with Gasteiger partial charge in [0.2, 0.25) is 0 Å². The van der Waals surface area contributed by atoms with Crippen molar-refractivity contribution in [1.29, 1.82) is 5.41 Å². The summed E-state index contributed by atoms with van der Waals surface area (Å²) in [6, 6.07) is 3.05. The maximum absolute atomic E-state index is 14.1. The van der Waals surface area contributed by atoms with Gasteiger partial charge in [0, 0.05) is 11.8 Å². The Balaban J connectivity index is 2.60. The fourth-order valence-electron chi connectivity index (χ4n) is 1.49. The van der Waals surface area contributed by atoms with Gasteiger partial charge < -0.3 is 5.73 Å². The van der Waals surface area contributed by atoms with Gasteiger partial charge in [0.15, 0.2) is 5.82 Å². The summed E-state index contributed by atoms with van der Waals surface area (Å²) in [5, 5.41) is 11.9. The highest BCUT2D eigenvalue weighted by Crippen LogP contribution is 2.26. The molecule has 1 aromatic heterocycles. The van der Waals surface area contributed by atoms with Crippen LogP contribution in [0.25, 0.3) is 5.69 Å². The largest absolute Gasteiger partial charge is 0.384 e. The van der Waals surface area contributed by atoms with Gasteiger partial charge in [-0.2, -0.15) is 5.10 Å². The van der Waals surface area contributed by atoms with Crippen LogP contribution >= 0.6 is 27.5 Å². The summed E-state index contributed by atoms with van der Waals surface area (Å²) < 4.78 is 15.6. The number of amidine groups is 1. The summed E-state index contributed by atoms with van der Waals surface area (Å²) in [5.74, 6) is -0.746. The van der Waals surface area contributed by atoms with Crippen LogP contribution < -0.4 is 5.73 Å². The second-order valence-corrected chi connectivity index (χ2v) is 4.88. The zero-order valence-corrected chi connectivity index (χ0v) is 11.7. The Morgan fingerprint density at radius 3 is 2.72 bits per heavy atom. The molecular weight excluding hydrogens is 323 g/mol. The Hall–Kier alpha value is -1.40. The average molecular weight is 332 g/mol. The van der Waals surface area contributed by atoms with E-state index < -0.39 is 5.82 Å². The summed E-state index contributed by atoms with van der Waals surface area (Å²) in [7, 11) is 0.